The summed E-state index contributed by atoms with van der Waals surface area (Å²) < 4.78 is 2.24. The summed E-state index contributed by atoms with van der Waals surface area (Å²) >= 11 is 0. The molecular formula is C28H29N. The third-order valence-electron chi connectivity index (χ3n) is 5.31. The molecule has 5 rings (SSSR count). The standard InChI is InChI=1S/C13H11N.C13H12.C2H6/c1-14-12-8-4-2-6-10(12)11-7-3-5-9-13(11)14;1-3-10-9-11-7-5-6-8-13(11)12(10)4-2;1-2/h2-9H,1H3;3-8H,1-2,9H2;1-2H3. The van der Waals surface area contributed by atoms with Crippen molar-refractivity contribution in [3.05, 3.63) is 115 Å². The molecule has 1 nitrogen and oxygen atoms in total. The minimum absolute atomic E-state index is 1.00. The molecule has 0 atom stereocenters. The molecule has 0 saturated carbocycles. The van der Waals surface area contributed by atoms with Crippen molar-refractivity contribution in [2.75, 3.05) is 0 Å². The van der Waals surface area contributed by atoms with E-state index in [0.29, 0.717) is 0 Å². The lowest BCUT2D eigenvalue weighted by Crippen LogP contribution is -1.84. The Morgan fingerprint density at radius 2 is 1.24 bits per heavy atom. The van der Waals surface area contributed by atoms with Crippen LogP contribution in [0.1, 0.15) is 25.0 Å². The summed E-state index contributed by atoms with van der Waals surface area (Å²) in [7, 11) is 2.12. The zero-order valence-electron chi connectivity index (χ0n) is 17.7. The molecule has 0 fully saturated rings. The number of para-hydroxylation sites is 2. The number of hydrogen-bond donors (Lipinski definition) is 0. The Hall–Kier alpha value is -3.32. The van der Waals surface area contributed by atoms with Gasteiger partial charge in [0.05, 0.1) is 0 Å². The first-order valence-corrected chi connectivity index (χ1v) is 10.2. The largest absolute Gasteiger partial charge is 0.344 e. The van der Waals surface area contributed by atoms with Crippen molar-refractivity contribution in [3.8, 4) is 0 Å². The minimum atomic E-state index is 1.00. The number of aromatic nitrogens is 1. The second-order valence-corrected chi connectivity index (χ2v) is 6.77. The van der Waals surface area contributed by atoms with Crippen molar-refractivity contribution >= 4 is 27.4 Å². The smallest absolute Gasteiger partial charge is 0.0488 e. The van der Waals surface area contributed by atoms with Crippen LogP contribution in [-0.2, 0) is 13.5 Å². The number of rotatable bonds is 2. The lowest BCUT2D eigenvalue weighted by Gasteiger charge is -1.98. The molecule has 1 aliphatic carbocycles. The molecule has 0 N–H and O–H groups in total. The molecule has 29 heavy (non-hydrogen) atoms. The number of benzene rings is 3. The Morgan fingerprint density at radius 3 is 1.79 bits per heavy atom. The molecule has 146 valence electrons. The molecule has 1 aromatic heterocycles. The Morgan fingerprint density at radius 1 is 0.724 bits per heavy atom. The summed E-state index contributed by atoms with van der Waals surface area (Å²) in [5, 5.41) is 2.68. The maximum atomic E-state index is 3.83. The predicted octanol–water partition coefficient (Wildman–Crippen LogP) is 7.73. The maximum Gasteiger partial charge on any atom is 0.0488 e. The van der Waals surface area contributed by atoms with E-state index in [1.165, 1.54) is 44.1 Å². The quantitative estimate of drug-likeness (QED) is 0.336. The first-order valence-electron chi connectivity index (χ1n) is 10.2. The molecule has 0 aliphatic heterocycles. The van der Waals surface area contributed by atoms with Crippen LogP contribution < -0.4 is 0 Å². The fraction of sp³-hybridized carbons (Fsp3) is 0.143. The second-order valence-electron chi connectivity index (χ2n) is 6.77. The molecule has 0 saturated heterocycles. The Bertz CT molecular complexity index is 1130. The van der Waals surface area contributed by atoms with Crippen molar-refractivity contribution in [3.63, 3.8) is 0 Å². The van der Waals surface area contributed by atoms with Crippen molar-refractivity contribution in [2.24, 2.45) is 7.05 Å². The van der Waals surface area contributed by atoms with Gasteiger partial charge in [-0.15, -0.1) is 0 Å². The lowest BCUT2D eigenvalue weighted by molar-refractivity contribution is 1.01. The summed E-state index contributed by atoms with van der Waals surface area (Å²) in [5.74, 6) is 0. The zero-order chi connectivity index (χ0) is 20.8. The lowest BCUT2D eigenvalue weighted by atomic mass is 10.1. The highest BCUT2D eigenvalue weighted by Crippen LogP contribution is 2.33. The van der Waals surface area contributed by atoms with Crippen LogP contribution in [0, 0.1) is 0 Å². The fourth-order valence-electron chi connectivity index (χ4n) is 3.95. The highest BCUT2D eigenvalue weighted by Gasteiger charge is 2.16. The summed E-state index contributed by atoms with van der Waals surface area (Å²) in [5.41, 5.74) is 7.82. The van der Waals surface area contributed by atoms with Gasteiger partial charge in [0.1, 0.15) is 0 Å². The van der Waals surface area contributed by atoms with Gasteiger partial charge in [-0.1, -0.05) is 99.8 Å². The van der Waals surface area contributed by atoms with Crippen LogP contribution in [0.25, 0.3) is 27.4 Å². The average Bonchev–Trinajstić information content (AvgIpc) is 3.31. The van der Waals surface area contributed by atoms with Crippen molar-refractivity contribution < 1.29 is 0 Å². The average molecular weight is 380 g/mol. The van der Waals surface area contributed by atoms with E-state index in [4.69, 9.17) is 0 Å². The van der Waals surface area contributed by atoms with Crippen LogP contribution in [-0.4, -0.2) is 4.57 Å². The van der Waals surface area contributed by atoms with Crippen LogP contribution >= 0.6 is 0 Å². The Balaban J connectivity index is 0.000000153. The molecule has 1 aliphatic rings. The summed E-state index contributed by atoms with van der Waals surface area (Å²) in [6, 6.07) is 25.5. The molecule has 0 bridgehead atoms. The van der Waals surface area contributed by atoms with Gasteiger partial charge in [0.25, 0.3) is 0 Å². The van der Waals surface area contributed by atoms with Gasteiger partial charge < -0.3 is 4.57 Å². The monoisotopic (exact) mass is 379 g/mol. The van der Waals surface area contributed by atoms with Gasteiger partial charge in [-0.3, -0.25) is 0 Å². The van der Waals surface area contributed by atoms with Gasteiger partial charge >= 0.3 is 0 Å². The number of allylic oxidation sites excluding steroid dienone is 4. The molecule has 0 radical (unpaired) electrons. The van der Waals surface area contributed by atoms with E-state index in [0.717, 1.165) is 6.42 Å². The highest BCUT2D eigenvalue weighted by molar-refractivity contribution is 6.07. The summed E-state index contributed by atoms with van der Waals surface area (Å²) in [4.78, 5) is 0. The van der Waals surface area contributed by atoms with E-state index in [-0.39, 0.29) is 0 Å². The van der Waals surface area contributed by atoms with Gasteiger partial charge in [-0.05, 0) is 40.8 Å². The van der Waals surface area contributed by atoms with E-state index in [9.17, 15) is 0 Å². The van der Waals surface area contributed by atoms with Crippen LogP contribution in [0.4, 0.5) is 0 Å². The highest BCUT2D eigenvalue weighted by atomic mass is 14.9. The van der Waals surface area contributed by atoms with Crippen LogP contribution in [0.5, 0.6) is 0 Å². The third-order valence-corrected chi connectivity index (χ3v) is 5.31. The Kier molecular flexibility index (Phi) is 6.51. The molecule has 1 heteroatoms. The van der Waals surface area contributed by atoms with Crippen LogP contribution in [0.15, 0.2) is 104 Å². The normalized spacial score (nSPS) is 12.0. The van der Waals surface area contributed by atoms with E-state index in [1.54, 1.807) is 0 Å². The topological polar surface area (TPSA) is 4.93 Å². The molecular weight excluding hydrogens is 350 g/mol. The summed E-state index contributed by atoms with van der Waals surface area (Å²) in [6.45, 7) is 11.7. The molecule has 4 aromatic rings. The number of nitrogens with zero attached hydrogens (tertiary/aromatic N) is 1. The van der Waals surface area contributed by atoms with Gasteiger partial charge in [-0.25, -0.2) is 0 Å². The number of hydrogen-bond acceptors (Lipinski definition) is 0. The third kappa shape index (κ3) is 3.82. The number of aryl methyl sites for hydroxylation is 1. The van der Waals surface area contributed by atoms with Crippen molar-refractivity contribution in [2.45, 2.75) is 20.3 Å². The molecule has 0 spiro atoms. The molecule has 1 heterocycles. The molecule has 0 unspecified atom stereocenters. The first kappa shape index (κ1) is 20.4. The van der Waals surface area contributed by atoms with Gasteiger partial charge in [0, 0.05) is 28.9 Å². The van der Waals surface area contributed by atoms with Crippen molar-refractivity contribution in [1.82, 2.24) is 4.57 Å². The van der Waals surface area contributed by atoms with E-state index in [1.807, 2.05) is 26.0 Å². The fourth-order valence-corrected chi connectivity index (χ4v) is 3.95. The zero-order valence-corrected chi connectivity index (χ0v) is 17.7. The summed E-state index contributed by atoms with van der Waals surface area (Å²) in [6.07, 6.45) is 4.85. The van der Waals surface area contributed by atoms with Gasteiger partial charge in [0.15, 0.2) is 0 Å². The molecule has 3 aromatic carbocycles. The first-order chi connectivity index (χ1) is 14.2. The molecule has 0 amide bonds. The van der Waals surface area contributed by atoms with Gasteiger partial charge in [0.2, 0.25) is 0 Å². The predicted molar refractivity (Wildman–Crippen MR) is 129 cm³/mol. The van der Waals surface area contributed by atoms with Crippen LogP contribution in [0.3, 0.4) is 0 Å². The SMILES string of the molecule is C=CC1=C(C=C)c2ccccc2C1.CC.Cn1c2ccccc2c2ccccc21. The number of fused-ring (bicyclic) bond motifs is 4. The van der Waals surface area contributed by atoms with E-state index in [2.05, 4.69) is 97.6 Å². The van der Waals surface area contributed by atoms with Crippen LogP contribution in [0.2, 0.25) is 0 Å². The van der Waals surface area contributed by atoms with E-state index >= 15 is 0 Å². The van der Waals surface area contributed by atoms with Gasteiger partial charge in [-0.2, -0.15) is 0 Å². The maximum absolute atomic E-state index is 3.83. The van der Waals surface area contributed by atoms with E-state index < -0.39 is 0 Å². The minimum Gasteiger partial charge on any atom is -0.344 e. The van der Waals surface area contributed by atoms with Crippen molar-refractivity contribution in [1.29, 1.82) is 0 Å². The second kappa shape index (κ2) is 9.25. The Labute approximate surface area is 174 Å².